The number of fused-ring (bicyclic) bond motifs is 4. The fourth-order valence-corrected chi connectivity index (χ4v) is 24.2. The molecule has 744 valence electrons. The standard InChI is InChI=1S/4C25H28F3N5S.3ClH/c4*1-31-23(18-8-3-2-4-9-18)29-30-24(31)34-15-7-13-32-16-19-12-14-33(22(19)17-32)21-11-6-5-10-20(21)25(26,27)28;;;/h4*2-6,8-11,19,22H,7,12-17H2,1H3;3*1H/t3*19-,22+;;;;/m100..../s1. The van der Waals surface area contributed by atoms with E-state index >= 15 is 0 Å². The van der Waals surface area contributed by atoms with Crippen molar-refractivity contribution in [2.24, 2.45) is 51.9 Å². The van der Waals surface area contributed by atoms with E-state index in [0.717, 1.165) is 219 Å². The molecule has 8 fully saturated rings. The van der Waals surface area contributed by atoms with Gasteiger partial charge in [-0.2, -0.15) is 52.7 Å². The highest BCUT2D eigenvalue weighted by Crippen LogP contribution is 2.48. The van der Waals surface area contributed by atoms with Gasteiger partial charge in [-0.25, -0.2) is 0 Å². The first-order valence-electron chi connectivity index (χ1n) is 46.6. The number of halogens is 15. The van der Waals surface area contributed by atoms with E-state index in [4.69, 9.17) is 0 Å². The second kappa shape index (κ2) is 47.3. The van der Waals surface area contributed by atoms with Crippen LogP contribution < -0.4 is 19.6 Å². The molecule has 8 aliphatic heterocycles. The molecule has 0 saturated carbocycles. The predicted octanol–water partition coefficient (Wildman–Crippen LogP) is 22.0. The zero-order chi connectivity index (χ0) is 94.8. The maximum absolute atomic E-state index is 13.5. The largest absolute Gasteiger partial charge is 0.418 e. The van der Waals surface area contributed by atoms with Crippen LogP contribution in [0, 0.1) is 23.7 Å². The van der Waals surface area contributed by atoms with Gasteiger partial charge in [-0.1, -0.05) is 217 Å². The highest BCUT2D eigenvalue weighted by atomic mass is 35.5. The summed E-state index contributed by atoms with van der Waals surface area (Å²) in [6.45, 7) is 13.7. The molecule has 12 heterocycles. The first kappa shape index (κ1) is 106. The van der Waals surface area contributed by atoms with Crippen molar-refractivity contribution < 1.29 is 52.7 Å². The number of rotatable bonds is 28. The number of alkyl halides is 12. The Morgan fingerprint density at radius 2 is 0.439 bits per heavy atom. The SMILES string of the molecule is Cl.Cl.Cl.Cn1c(SCCCN2CC3CCN(c4ccccc4C(F)(F)F)C3C2)nnc1-c1ccccc1.Cn1c(SCCCN2C[C@@H]3CCN(c4ccccc4C(F)(F)F)[C@@H]3C2)nnc1-c1ccccc1.Cn1c(SCCCN2C[C@@H]3CCN(c4ccccc4C(F)(F)F)[C@@H]3C2)nnc1-c1ccccc1.Cn1c(SCCCN2C[C@H]3CCN(c4ccccc4C(F)(F)F)[C@H]3C2)nnc1-c1ccccc1. The number of thioether (sulfide) groups is 4. The van der Waals surface area contributed by atoms with Crippen molar-refractivity contribution in [1.29, 1.82) is 0 Å². The van der Waals surface area contributed by atoms with Crippen LogP contribution in [0.2, 0.25) is 0 Å². The molecule has 8 aliphatic rings. The van der Waals surface area contributed by atoms with E-state index < -0.39 is 47.0 Å². The lowest BCUT2D eigenvalue weighted by atomic mass is 10.0. The summed E-state index contributed by atoms with van der Waals surface area (Å²) in [5.41, 5.74) is 3.41. The summed E-state index contributed by atoms with van der Waals surface area (Å²) in [5.74, 6) is 8.85. The summed E-state index contributed by atoms with van der Waals surface area (Å²) in [6.07, 6.45) is -9.54. The van der Waals surface area contributed by atoms with Crippen molar-refractivity contribution in [3.63, 3.8) is 0 Å². The quantitative estimate of drug-likeness (QED) is 0.0260. The minimum Gasteiger partial charge on any atom is -0.366 e. The molecule has 8 saturated heterocycles. The number of para-hydroxylation sites is 4. The molecule has 139 heavy (non-hydrogen) atoms. The van der Waals surface area contributed by atoms with E-state index in [9.17, 15) is 52.7 Å². The van der Waals surface area contributed by atoms with Crippen LogP contribution in [0.5, 0.6) is 0 Å². The number of benzene rings is 8. The predicted molar refractivity (Wildman–Crippen MR) is 537 cm³/mol. The molecular formula is C100H115Cl3F12N20S4. The van der Waals surface area contributed by atoms with E-state index in [1.807, 2.05) is 187 Å². The first-order valence-corrected chi connectivity index (χ1v) is 50.5. The Balaban J connectivity index is 0.000000147. The molecule has 20 nitrogen and oxygen atoms in total. The minimum absolute atomic E-state index is 0. The van der Waals surface area contributed by atoms with E-state index in [1.165, 1.54) is 48.5 Å². The Hall–Kier alpha value is -9.21. The molecule has 2 unspecified atom stereocenters. The van der Waals surface area contributed by atoms with Crippen LogP contribution in [0.4, 0.5) is 75.4 Å². The third-order valence-electron chi connectivity index (χ3n) is 27.4. The van der Waals surface area contributed by atoms with Gasteiger partial charge in [-0.05, 0) is 150 Å². The summed E-state index contributed by atoms with van der Waals surface area (Å²) in [5, 5.41) is 38.3. The van der Waals surface area contributed by atoms with Gasteiger partial charge in [0, 0.05) is 199 Å². The highest BCUT2D eigenvalue weighted by molar-refractivity contribution is 7.99. The molecule has 0 aliphatic carbocycles. The van der Waals surface area contributed by atoms with Crippen molar-refractivity contribution >= 4 is 107 Å². The van der Waals surface area contributed by atoms with E-state index in [0.29, 0.717) is 72.6 Å². The second-order valence-electron chi connectivity index (χ2n) is 36.1. The van der Waals surface area contributed by atoms with Gasteiger partial charge in [0.05, 0.1) is 22.3 Å². The lowest BCUT2D eigenvalue weighted by Crippen LogP contribution is -2.36. The fraction of sp³-hybridized carbons (Fsp3) is 0.440. The molecular weight excluding hydrogens is 1940 g/mol. The number of likely N-dealkylation sites (tertiary alicyclic amines) is 4. The smallest absolute Gasteiger partial charge is 0.366 e. The lowest BCUT2D eigenvalue weighted by molar-refractivity contribution is -0.138. The van der Waals surface area contributed by atoms with Gasteiger partial charge < -0.3 is 57.5 Å². The molecule has 0 radical (unpaired) electrons. The zero-order valence-corrected chi connectivity index (χ0v) is 83.3. The number of hydrogen-bond acceptors (Lipinski definition) is 20. The van der Waals surface area contributed by atoms with E-state index in [2.05, 4.69) is 60.4 Å². The normalized spacial score (nSPS) is 20.3. The molecule has 8 aromatic carbocycles. The Labute approximate surface area is 838 Å². The van der Waals surface area contributed by atoms with Gasteiger partial charge >= 0.3 is 24.7 Å². The van der Waals surface area contributed by atoms with Crippen LogP contribution in [0.25, 0.3) is 45.6 Å². The topological polar surface area (TPSA) is 149 Å². The van der Waals surface area contributed by atoms with Gasteiger partial charge in [0.25, 0.3) is 0 Å². The maximum Gasteiger partial charge on any atom is 0.418 e. The summed E-state index contributed by atoms with van der Waals surface area (Å²) in [7, 11) is 7.94. The monoisotopic (exact) mass is 2060 g/mol. The summed E-state index contributed by atoms with van der Waals surface area (Å²) >= 11 is 6.79. The Bertz CT molecular complexity index is 5200. The van der Waals surface area contributed by atoms with Crippen molar-refractivity contribution in [1.82, 2.24) is 78.7 Å². The maximum atomic E-state index is 13.5. The van der Waals surface area contributed by atoms with Crippen LogP contribution in [-0.2, 0) is 52.9 Å². The van der Waals surface area contributed by atoms with Crippen molar-refractivity contribution in [2.75, 3.05) is 147 Å². The van der Waals surface area contributed by atoms with Crippen LogP contribution in [0.15, 0.2) is 239 Å². The number of hydrogen-bond donors (Lipinski definition) is 0. The van der Waals surface area contributed by atoms with Crippen molar-refractivity contribution in [2.45, 2.75) is 121 Å². The first-order chi connectivity index (χ1) is 65.7. The molecule has 8 atom stereocenters. The van der Waals surface area contributed by atoms with E-state index in [-0.39, 0.29) is 61.4 Å². The minimum atomic E-state index is -4.33. The van der Waals surface area contributed by atoms with E-state index in [1.54, 1.807) is 95.6 Å². The fourth-order valence-electron chi connectivity index (χ4n) is 20.9. The summed E-state index contributed by atoms with van der Waals surface area (Å²) in [6, 6.07) is 64.7. The molecule has 4 aromatic heterocycles. The molecule has 12 aromatic rings. The third-order valence-corrected chi connectivity index (χ3v) is 31.9. The highest BCUT2D eigenvalue weighted by Gasteiger charge is 2.49. The molecule has 0 N–H and O–H groups in total. The average molecular weight is 2060 g/mol. The molecule has 0 spiro atoms. The van der Waals surface area contributed by atoms with Gasteiger partial charge in [-0.3, -0.25) is 0 Å². The lowest BCUT2D eigenvalue weighted by Gasteiger charge is -2.29. The molecule has 20 rings (SSSR count). The Kier molecular flexibility index (Phi) is 36.0. The van der Waals surface area contributed by atoms with Gasteiger partial charge in [0.1, 0.15) is 0 Å². The Morgan fingerprint density at radius 1 is 0.252 bits per heavy atom. The Morgan fingerprint density at radius 3 is 0.633 bits per heavy atom. The average Bonchev–Trinajstić information content (AvgIpc) is 1.64. The van der Waals surface area contributed by atoms with Crippen molar-refractivity contribution in [3.05, 3.63) is 241 Å². The van der Waals surface area contributed by atoms with Crippen molar-refractivity contribution in [3.8, 4) is 45.6 Å². The number of nitrogens with zero attached hydrogens (tertiary/aromatic N) is 20. The summed E-state index contributed by atoms with van der Waals surface area (Å²) in [4.78, 5) is 17.6. The second-order valence-corrected chi connectivity index (χ2v) is 40.3. The molecule has 39 heteroatoms. The van der Waals surface area contributed by atoms with Crippen LogP contribution in [0.3, 0.4) is 0 Å². The molecule has 0 amide bonds. The van der Waals surface area contributed by atoms with Crippen LogP contribution in [0.1, 0.15) is 73.6 Å². The van der Waals surface area contributed by atoms with Crippen LogP contribution in [-0.4, -0.2) is 231 Å². The number of anilines is 4. The van der Waals surface area contributed by atoms with Gasteiger partial charge in [0.2, 0.25) is 0 Å². The number of aromatic nitrogens is 12. The van der Waals surface area contributed by atoms with Gasteiger partial charge in [-0.15, -0.1) is 78.0 Å². The summed E-state index contributed by atoms with van der Waals surface area (Å²) < 4.78 is 171. The molecule has 0 bridgehead atoms. The van der Waals surface area contributed by atoms with Gasteiger partial charge in [0.15, 0.2) is 43.9 Å². The third kappa shape index (κ3) is 25.2. The zero-order valence-electron chi connectivity index (χ0n) is 77.5. The van der Waals surface area contributed by atoms with Crippen LogP contribution >= 0.6 is 84.3 Å².